The summed E-state index contributed by atoms with van der Waals surface area (Å²) in [5.41, 5.74) is 2.91. The Kier molecular flexibility index (Phi) is 7.39. The van der Waals surface area contributed by atoms with Crippen LogP contribution < -0.4 is 14.2 Å². The van der Waals surface area contributed by atoms with Crippen LogP contribution >= 0.6 is 0 Å². The molecule has 1 aliphatic rings. The predicted octanol–water partition coefficient (Wildman–Crippen LogP) is 5.06. The van der Waals surface area contributed by atoms with E-state index in [0.29, 0.717) is 29.2 Å². The molecule has 0 radical (unpaired) electrons. The molecule has 0 aliphatic carbocycles. The van der Waals surface area contributed by atoms with Crippen LogP contribution in [0.4, 0.5) is 0 Å². The number of aryl methyl sites for hydroxylation is 1. The number of fused-ring (bicyclic) bond motifs is 1. The van der Waals surface area contributed by atoms with Gasteiger partial charge in [0.1, 0.15) is 29.5 Å². The molecule has 0 spiro atoms. The third kappa shape index (κ3) is 5.47. The van der Waals surface area contributed by atoms with Crippen LogP contribution in [0, 0.1) is 0 Å². The van der Waals surface area contributed by atoms with Gasteiger partial charge >= 0.3 is 0 Å². The Labute approximate surface area is 184 Å². The summed E-state index contributed by atoms with van der Waals surface area (Å²) in [7, 11) is 0. The fourth-order valence-electron chi connectivity index (χ4n) is 3.79. The molecule has 0 unspecified atom stereocenters. The molecule has 0 bridgehead atoms. The minimum atomic E-state index is -0.252. The first-order valence-corrected chi connectivity index (χ1v) is 10.9. The molecule has 0 amide bonds. The topological polar surface area (TPSA) is 65.0 Å². The predicted molar refractivity (Wildman–Crippen MR) is 121 cm³/mol. The number of ketones is 1. The molecule has 5 nitrogen and oxygen atoms in total. The number of carbonyl (C=O) groups is 1. The van der Waals surface area contributed by atoms with Crippen molar-refractivity contribution in [3.8, 4) is 17.2 Å². The van der Waals surface area contributed by atoms with Crippen molar-refractivity contribution in [3.05, 3.63) is 65.2 Å². The van der Waals surface area contributed by atoms with Gasteiger partial charge in [-0.3, -0.25) is 4.79 Å². The zero-order valence-corrected chi connectivity index (χ0v) is 18.7. The van der Waals surface area contributed by atoms with Crippen molar-refractivity contribution in [1.82, 2.24) is 0 Å². The van der Waals surface area contributed by atoms with Crippen molar-refractivity contribution in [2.45, 2.75) is 58.7 Å². The maximum absolute atomic E-state index is 13.0. The van der Waals surface area contributed by atoms with Crippen molar-refractivity contribution < 1.29 is 24.1 Å². The summed E-state index contributed by atoms with van der Waals surface area (Å²) in [6, 6.07) is 9.33. The van der Waals surface area contributed by atoms with Gasteiger partial charge in [0.25, 0.3) is 0 Å². The van der Waals surface area contributed by atoms with Crippen LogP contribution in [-0.4, -0.2) is 29.7 Å². The van der Waals surface area contributed by atoms with Crippen LogP contribution in [-0.2, 0) is 19.4 Å². The summed E-state index contributed by atoms with van der Waals surface area (Å²) < 4.78 is 17.8. The molecule has 1 aliphatic heterocycles. The van der Waals surface area contributed by atoms with E-state index >= 15 is 0 Å². The van der Waals surface area contributed by atoms with E-state index < -0.39 is 0 Å². The molecule has 2 aromatic rings. The van der Waals surface area contributed by atoms with Crippen molar-refractivity contribution in [3.63, 3.8) is 0 Å². The molecule has 0 fully saturated rings. The minimum absolute atomic E-state index is 0.148. The molecule has 2 aromatic carbocycles. The number of aliphatic hydroxyl groups excluding tert-OH is 1. The largest absolute Gasteiger partial charge is 0.489 e. The molecule has 1 heterocycles. The van der Waals surface area contributed by atoms with Crippen molar-refractivity contribution in [1.29, 1.82) is 0 Å². The number of hydrogen-bond acceptors (Lipinski definition) is 5. The summed E-state index contributed by atoms with van der Waals surface area (Å²) in [6.07, 6.45) is 5.18. The summed E-state index contributed by atoms with van der Waals surface area (Å²) in [5.74, 6) is 1.65. The number of rotatable bonds is 10. The summed E-state index contributed by atoms with van der Waals surface area (Å²) in [4.78, 5) is 13.0. The van der Waals surface area contributed by atoms with E-state index in [9.17, 15) is 9.90 Å². The molecule has 31 heavy (non-hydrogen) atoms. The standard InChI is InChI=1S/C26H32O5/c1-5-7-18-8-10-20(24(15-18)29-14-6-2)22(28)17-30-25-19(16-27)9-11-23-21(25)12-13-26(3,4)31-23/h6,8-11,15,27H,2,5,7,12-14,16-17H2,1,3-4H3. The molecular weight excluding hydrogens is 392 g/mol. The Hall–Kier alpha value is -2.79. The highest BCUT2D eigenvalue weighted by atomic mass is 16.5. The summed E-state index contributed by atoms with van der Waals surface area (Å²) in [5, 5.41) is 9.79. The van der Waals surface area contributed by atoms with E-state index in [2.05, 4.69) is 13.5 Å². The van der Waals surface area contributed by atoms with Crippen LogP contribution in [0.2, 0.25) is 0 Å². The van der Waals surface area contributed by atoms with Gasteiger partial charge in [0.2, 0.25) is 5.78 Å². The van der Waals surface area contributed by atoms with Crippen molar-refractivity contribution in [2.24, 2.45) is 0 Å². The Morgan fingerprint density at radius 1 is 1.26 bits per heavy atom. The van der Waals surface area contributed by atoms with E-state index in [0.717, 1.165) is 42.6 Å². The Morgan fingerprint density at radius 2 is 2.06 bits per heavy atom. The van der Waals surface area contributed by atoms with Crippen molar-refractivity contribution >= 4 is 5.78 Å². The Balaban J connectivity index is 1.83. The Morgan fingerprint density at radius 3 is 2.77 bits per heavy atom. The van der Waals surface area contributed by atoms with Gasteiger partial charge in [0, 0.05) is 11.1 Å². The molecule has 3 rings (SSSR count). The second-order valence-electron chi connectivity index (χ2n) is 8.44. The van der Waals surface area contributed by atoms with E-state index in [1.54, 1.807) is 18.2 Å². The molecule has 0 atom stereocenters. The van der Waals surface area contributed by atoms with Crippen LogP contribution in [0.15, 0.2) is 43.0 Å². The lowest BCUT2D eigenvalue weighted by molar-refractivity contribution is 0.0813. The molecule has 166 valence electrons. The first-order valence-electron chi connectivity index (χ1n) is 10.9. The smallest absolute Gasteiger partial charge is 0.203 e. The zero-order valence-electron chi connectivity index (χ0n) is 18.7. The molecule has 1 N–H and O–H groups in total. The monoisotopic (exact) mass is 424 g/mol. The SMILES string of the molecule is C=CCOc1cc(CCC)ccc1C(=O)COc1c(CO)ccc2c1CCC(C)(C)O2. The molecular formula is C26H32O5. The maximum atomic E-state index is 13.0. The summed E-state index contributed by atoms with van der Waals surface area (Å²) in [6.45, 7) is 9.90. The first-order chi connectivity index (χ1) is 14.9. The van der Waals surface area contributed by atoms with E-state index in [1.807, 2.05) is 32.0 Å². The van der Waals surface area contributed by atoms with Gasteiger partial charge < -0.3 is 19.3 Å². The maximum Gasteiger partial charge on any atom is 0.203 e. The number of aliphatic hydroxyl groups is 1. The number of ether oxygens (including phenoxy) is 3. The van der Waals surface area contributed by atoms with Gasteiger partial charge in [-0.2, -0.15) is 0 Å². The molecule has 0 saturated carbocycles. The second kappa shape index (κ2) is 10.0. The highest BCUT2D eigenvalue weighted by Gasteiger charge is 2.30. The quantitative estimate of drug-likeness (QED) is 0.427. The fraction of sp³-hybridized carbons (Fsp3) is 0.423. The van der Waals surface area contributed by atoms with Crippen LogP contribution in [0.25, 0.3) is 0 Å². The number of benzene rings is 2. The van der Waals surface area contributed by atoms with Gasteiger partial charge in [0.05, 0.1) is 12.2 Å². The normalized spacial score (nSPS) is 14.3. The van der Waals surface area contributed by atoms with E-state index in [1.165, 1.54) is 0 Å². The van der Waals surface area contributed by atoms with E-state index in [4.69, 9.17) is 14.2 Å². The third-order valence-electron chi connectivity index (χ3n) is 5.42. The van der Waals surface area contributed by atoms with Crippen LogP contribution in [0.1, 0.15) is 60.7 Å². The number of hydrogen-bond donors (Lipinski definition) is 1. The third-order valence-corrected chi connectivity index (χ3v) is 5.42. The average molecular weight is 425 g/mol. The van der Waals surface area contributed by atoms with Gasteiger partial charge in [0.15, 0.2) is 6.61 Å². The molecule has 5 heteroatoms. The fourth-order valence-corrected chi connectivity index (χ4v) is 3.79. The highest BCUT2D eigenvalue weighted by molar-refractivity contribution is 5.99. The first kappa shape index (κ1) is 22.9. The molecule has 0 saturated heterocycles. The van der Waals surface area contributed by atoms with Crippen LogP contribution in [0.5, 0.6) is 17.2 Å². The average Bonchev–Trinajstić information content (AvgIpc) is 2.75. The van der Waals surface area contributed by atoms with Gasteiger partial charge in [-0.05, 0) is 62.9 Å². The number of Topliss-reactive ketones (excluding diaryl/α,β-unsaturated/α-hetero) is 1. The second-order valence-corrected chi connectivity index (χ2v) is 8.44. The lowest BCUT2D eigenvalue weighted by atomic mass is 9.92. The lowest BCUT2D eigenvalue weighted by Gasteiger charge is -2.33. The highest BCUT2D eigenvalue weighted by Crippen LogP contribution is 2.40. The van der Waals surface area contributed by atoms with Crippen LogP contribution in [0.3, 0.4) is 0 Å². The van der Waals surface area contributed by atoms with E-state index in [-0.39, 0.29) is 24.6 Å². The Bertz CT molecular complexity index is 945. The van der Waals surface area contributed by atoms with Crippen molar-refractivity contribution in [2.75, 3.05) is 13.2 Å². The number of carbonyl (C=O) groups excluding carboxylic acids is 1. The van der Waals surface area contributed by atoms with Gasteiger partial charge in [-0.15, -0.1) is 0 Å². The zero-order chi connectivity index (χ0) is 22.4. The van der Waals surface area contributed by atoms with Gasteiger partial charge in [-0.1, -0.05) is 32.1 Å². The summed E-state index contributed by atoms with van der Waals surface area (Å²) >= 11 is 0. The minimum Gasteiger partial charge on any atom is -0.489 e. The molecule has 0 aromatic heterocycles. The lowest BCUT2D eigenvalue weighted by Crippen LogP contribution is -2.33. The van der Waals surface area contributed by atoms with Gasteiger partial charge in [-0.25, -0.2) is 0 Å².